The van der Waals surface area contributed by atoms with E-state index >= 15 is 0 Å². The summed E-state index contributed by atoms with van der Waals surface area (Å²) in [6.07, 6.45) is 4.48. The minimum absolute atomic E-state index is 0.118. The molecule has 2 heterocycles. The number of hydrogen-bond donors (Lipinski definition) is 1. The third-order valence-corrected chi connectivity index (χ3v) is 5.43. The zero-order valence-corrected chi connectivity index (χ0v) is 11.8. The molecule has 108 valence electrons. The molecule has 1 aliphatic carbocycles. The van der Waals surface area contributed by atoms with Gasteiger partial charge >= 0.3 is 0 Å². The van der Waals surface area contributed by atoms with Gasteiger partial charge in [-0.3, -0.25) is 0 Å². The van der Waals surface area contributed by atoms with E-state index in [4.69, 9.17) is 9.47 Å². The molecule has 3 heteroatoms. The zero-order valence-electron chi connectivity index (χ0n) is 11.8. The van der Waals surface area contributed by atoms with Crippen LogP contribution in [0.4, 0.5) is 0 Å². The molecule has 0 amide bonds. The van der Waals surface area contributed by atoms with E-state index in [0.29, 0.717) is 12.5 Å². The van der Waals surface area contributed by atoms with Gasteiger partial charge in [0.1, 0.15) is 0 Å². The van der Waals surface area contributed by atoms with E-state index in [2.05, 4.69) is 24.3 Å². The van der Waals surface area contributed by atoms with Crippen molar-refractivity contribution in [2.45, 2.75) is 43.3 Å². The molecule has 0 bridgehead atoms. The molecule has 20 heavy (non-hydrogen) atoms. The van der Waals surface area contributed by atoms with Gasteiger partial charge in [-0.2, -0.15) is 0 Å². The number of ether oxygens (including phenoxy) is 2. The van der Waals surface area contributed by atoms with Gasteiger partial charge < -0.3 is 14.6 Å². The smallest absolute Gasteiger partial charge is 0.0940 e. The van der Waals surface area contributed by atoms with E-state index in [-0.39, 0.29) is 5.60 Å². The van der Waals surface area contributed by atoms with Crippen molar-refractivity contribution in [1.82, 2.24) is 0 Å². The van der Waals surface area contributed by atoms with Gasteiger partial charge in [0.25, 0.3) is 0 Å². The van der Waals surface area contributed by atoms with Crippen LogP contribution in [0.2, 0.25) is 0 Å². The highest BCUT2D eigenvalue weighted by atomic mass is 16.6. The fourth-order valence-electron chi connectivity index (χ4n) is 4.26. The van der Waals surface area contributed by atoms with Crippen molar-refractivity contribution in [3.8, 4) is 0 Å². The van der Waals surface area contributed by atoms with Crippen LogP contribution in [0.15, 0.2) is 24.3 Å². The summed E-state index contributed by atoms with van der Waals surface area (Å²) < 4.78 is 11.5. The van der Waals surface area contributed by atoms with E-state index in [9.17, 15) is 5.11 Å². The summed E-state index contributed by atoms with van der Waals surface area (Å²) in [6.45, 7) is 2.25. The molecule has 3 aliphatic rings. The molecule has 1 spiro atoms. The zero-order chi connectivity index (χ0) is 13.6. The summed E-state index contributed by atoms with van der Waals surface area (Å²) in [7, 11) is 0. The Morgan fingerprint density at radius 2 is 1.85 bits per heavy atom. The summed E-state index contributed by atoms with van der Waals surface area (Å²) in [5.41, 5.74) is 1.94. The summed E-state index contributed by atoms with van der Waals surface area (Å²) in [5, 5.41) is 11.2. The Morgan fingerprint density at radius 3 is 2.50 bits per heavy atom. The lowest BCUT2D eigenvalue weighted by Crippen LogP contribution is -2.49. The third kappa shape index (κ3) is 2.00. The van der Waals surface area contributed by atoms with Gasteiger partial charge in [0.15, 0.2) is 0 Å². The maximum atomic E-state index is 11.2. The van der Waals surface area contributed by atoms with Crippen LogP contribution in [0.25, 0.3) is 0 Å². The highest BCUT2D eigenvalue weighted by Crippen LogP contribution is 2.45. The fraction of sp³-hybridized carbons (Fsp3) is 0.647. The van der Waals surface area contributed by atoms with E-state index in [0.717, 1.165) is 45.3 Å². The standard InChI is InChI=1S/C17H22O3/c18-17(9-13-3-1-2-4-14(13)10-17)15-5-7-20-16(11-15)6-8-19-12-16/h1-4,15,18H,5-12H2. The molecule has 2 atom stereocenters. The lowest BCUT2D eigenvalue weighted by Gasteiger charge is -2.43. The molecule has 2 unspecified atom stereocenters. The van der Waals surface area contributed by atoms with Gasteiger partial charge in [0, 0.05) is 32.5 Å². The average Bonchev–Trinajstić information content (AvgIpc) is 3.03. The fourth-order valence-corrected chi connectivity index (χ4v) is 4.26. The highest BCUT2D eigenvalue weighted by molar-refractivity contribution is 5.35. The van der Waals surface area contributed by atoms with Crippen LogP contribution >= 0.6 is 0 Å². The lowest BCUT2D eigenvalue weighted by atomic mass is 9.74. The molecule has 0 radical (unpaired) electrons. The molecular weight excluding hydrogens is 252 g/mol. The van der Waals surface area contributed by atoms with Crippen molar-refractivity contribution in [2.24, 2.45) is 5.92 Å². The van der Waals surface area contributed by atoms with Crippen LogP contribution in [0.3, 0.4) is 0 Å². The molecular formula is C17H22O3. The van der Waals surface area contributed by atoms with Crippen molar-refractivity contribution < 1.29 is 14.6 Å². The quantitative estimate of drug-likeness (QED) is 0.852. The van der Waals surface area contributed by atoms with Gasteiger partial charge in [-0.1, -0.05) is 24.3 Å². The van der Waals surface area contributed by atoms with Crippen LogP contribution in [0.1, 0.15) is 30.4 Å². The number of aliphatic hydroxyl groups is 1. The first-order valence-electron chi connectivity index (χ1n) is 7.70. The summed E-state index contributed by atoms with van der Waals surface area (Å²) in [6, 6.07) is 8.45. The van der Waals surface area contributed by atoms with Crippen LogP contribution in [0.5, 0.6) is 0 Å². The summed E-state index contributed by atoms with van der Waals surface area (Å²) in [4.78, 5) is 0. The van der Waals surface area contributed by atoms with Crippen molar-refractivity contribution in [2.75, 3.05) is 19.8 Å². The van der Waals surface area contributed by atoms with E-state index in [1.807, 2.05) is 0 Å². The second-order valence-electron chi connectivity index (χ2n) is 6.75. The van der Waals surface area contributed by atoms with Crippen molar-refractivity contribution in [1.29, 1.82) is 0 Å². The number of hydrogen-bond acceptors (Lipinski definition) is 3. The second kappa shape index (κ2) is 4.55. The van der Waals surface area contributed by atoms with Crippen LogP contribution in [-0.4, -0.2) is 36.1 Å². The van der Waals surface area contributed by atoms with Crippen molar-refractivity contribution >= 4 is 0 Å². The predicted octanol–water partition coefficient (Wildman–Crippen LogP) is 2.10. The highest BCUT2D eigenvalue weighted by Gasteiger charge is 2.49. The van der Waals surface area contributed by atoms with E-state index in [1.54, 1.807) is 0 Å². The van der Waals surface area contributed by atoms with Gasteiger partial charge in [-0.15, -0.1) is 0 Å². The van der Waals surface area contributed by atoms with Gasteiger partial charge in [-0.05, 0) is 29.9 Å². The van der Waals surface area contributed by atoms with Crippen LogP contribution in [0, 0.1) is 5.92 Å². The Labute approximate surface area is 119 Å². The molecule has 0 aromatic heterocycles. The molecule has 1 aromatic carbocycles. The minimum atomic E-state index is -0.580. The van der Waals surface area contributed by atoms with Crippen molar-refractivity contribution in [3.05, 3.63) is 35.4 Å². The maximum absolute atomic E-state index is 11.2. The van der Waals surface area contributed by atoms with Gasteiger partial charge in [-0.25, -0.2) is 0 Å². The molecule has 2 saturated heterocycles. The molecule has 0 saturated carbocycles. The normalized spacial score (nSPS) is 35.4. The summed E-state index contributed by atoms with van der Waals surface area (Å²) in [5.74, 6) is 0.324. The van der Waals surface area contributed by atoms with Gasteiger partial charge in [0.05, 0.1) is 17.8 Å². The van der Waals surface area contributed by atoms with E-state index < -0.39 is 5.60 Å². The number of rotatable bonds is 1. The third-order valence-electron chi connectivity index (χ3n) is 5.43. The molecule has 3 nitrogen and oxygen atoms in total. The average molecular weight is 274 g/mol. The first-order valence-corrected chi connectivity index (χ1v) is 7.70. The summed E-state index contributed by atoms with van der Waals surface area (Å²) >= 11 is 0. The monoisotopic (exact) mass is 274 g/mol. The molecule has 4 rings (SSSR count). The first-order chi connectivity index (χ1) is 9.69. The van der Waals surface area contributed by atoms with Crippen LogP contribution in [-0.2, 0) is 22.3 Å². The predicted molar refractivity (Wildman–Crippen MR) is 75.6 cm³/mol. The molecule has 1 aromatic rings. The molecule has 2 fully saturated rings. The molecule has 2 aliphatic heterocycles. The van der Waals surface area contributed by atoms with Gasteiger partial charge in [0.2, 0.25) is 0 Å². The number of fused-ring (bicyclic) bond motifs is 1. The Morgan fingerprint density at radius 1 is 1.10 bits per heavy atom. The lowest BCUT2D eigenvalue weighted by molar-refractivity contribution is -0.140. The Hall–Kier alpha value is -0.900. The maximum Gasteiger partial charge on any atom is 0.0940 e. The topological polar surface area (TPSA) is 38.7 Å². The Bertz CT molecular complexity index is 480. The Kier molecular flexibility index (Phi) is 2.92. The van der Waals surface area contributed by atoms with E-state index in [1.165, 1.54) is 11.1 Å². The Balaban J connectivity index is 1.56. The SMILES string of the molecule is OC1(C2CCOC3(CCOC3)C2)Cc2ccccc2C1. The first kappa shape index (κ1) is 12.8. The largest absolute Gasteiger partial charge is 0.389 e. The van der Waals surface area contributed by atoms with Crippen molar-refractivity contribution in [3.63, 3.8) is 0 Å². The van der Waals surface area contributed by atoms with Crippen LogP contribution < -0.4 is 0 Å². The minimum Gasteiger partial charge on any atom is -0.389 e. The number of benzene rings is 1. The molecule has 1 N–H and O–H groups in total. The second-order valence-corrected chi connectivity index (χ2v) is 6.75.